The summed E-state index contributed by atoms with van der Waals surface area (Å²) in [6.07, 6.45) is 1.96. The Labute approximate surface area is 132 Å². The average molecular weight is 309 g/mol. The predicted octanol–water partition coefficient (Wildman–Crippen LogP) is 2.91. The van der Waals surface area contributed by atoms with Gasteiger partial charge in [-0.1, -0.05) is 17.3 Å². The molecular weight excluding hydrogens is 294 g/mol. The van der Waals surface area contributed by atoms with Gasteiger partial charge in [0.1, 0.15) is 11.5 Å². The van der Waals surface area contributed by atoms with Crippen LogP contribution in [0.4, 0.5) is 0 Å². The van der Waals surface area contributed by atoms with Crippen LogP contribution in [0.5, 0.6) is 0 Å². The minimum atomic E-state index is -0.115. The molecular formula is C17H15N3O3. The van der Waals surface area contributed by atoms with Gasteiger partial charge >= 0.3 is 0 Å². The highest BCUT2D eigenvalue weighted by Gasteiger charge is 2.19. The Bertz CT molecular complexity index is 830. The minimum Gasteiger partial charge on any atom is -0.467 e. The van der Waals surface area contributed by atoms with E-state index in [2.05, 4.69) is 11.2 Å². The Morgan fingerprint density at radius 1 is 1.26 bits per heavy atom. The summed E-state index contributed by atoms with van der Waals surface area (Å²) in [7, 11) is 0. The summed E-state index contributed by atoms with van der Waals surface area (Å²) < 4.78 is 10.5. The number of carbonyl (C=O) groups excluding carboxylic acids is 1. The molecule has 0 aliphatic heterocycles. The van der Waals surface area contributed by atoms with E-state index >= 15 is 0 Å². The van der Waals surface area contributed by atoms with Gasteiger partial charge in [-0.2, -0.15) is 5.26 Å². The van der Waals surface area contributed by atoms with E-state index in [1.807, 2.05) is 24.3 Å². The molecule has 1 aromatic carbocycles. The van der Waals surface area contributed by atoms with E-state index in [9.17, 15) is 4.79 Å². The summed E-state index contributed by atoms with van der Waals surface area (Å²) in [6, 6.07) is 13.1. The molecule has 23 heavy (non-hydrogen) atoms. The molecule has 0 bridgehead atoms. The van der Waals surface area contributed by atoms with Crippen LogP contribution in [0.25, 0.3) is 11.0 Å². The molecule has 0 fully saturated rings. The van der Waals surface area contributed by atoms with Crippen LogP contribution in [-0.4, -0.2) is 22.5 Å². The largest absolute Gasteiger partial charge is 0.467 e. The van der Waals surface area contributed by atoms with Gasteiger partial charge in [0.05, 0.1) is 31.7 Å². The van der Waals surface area contributed by atoms with Crippen molar-refractivity contribution in [3.8, 4) is 6.07 Å². The standard InChI is InChI=1S/C17H15N3O3/c18-8-4-9-20(12-13-5-3-10-22-13)17(21)11-15-14-6-1-2-7-16(14)23-19-15/h1-3,5-7,10H,4,9,11-12H2. The van der Waals surface area contributed by atoms with Gasteiger partial charge in [0.2, 0.25) is 5.91 Å². The van der Waals surface area contributed by atoms with Crippen molar-refractivity contribution in [1.82, 2.24) is 10.1 Å². The van der Waals surface area contributed by atoms with Gasteiger partial charge in [0.25, 0.3) is 0 Å². The molecule has 6 heteroatoms. The Balaban J connectivity index is 1.76. The first-order valence-corrected chi connectivity index (χ1v) is 7.28. The van der Waals surface area contributed by atoms with Crippen LogP contribution in [0.2, 0.25) is 0 Å². The van der Waals surface area contributed by atoms with Crippen LogP contribution in [0, 0.1) is 11.3 Å². The van der Waals surface area contributed by atoms with Crippen molar-refractivity contribution in [3.63, 3.8) is 0 Å². The van der Waals surface area contributed by atoms with E-state index in [1.54, 1.807) is 23.3 Å². The fourth-order valence-corrected chi connectivity index (χ4v) is 2.39. The predicted molar refractivity (Wildman–Crippen MR) is 82.1 cm³/mol. The van der Waals surface area contributed by atoms with Crippen LogP contribution in [0.3, 0.4) is 0 Å². The number of carbonyl (C=O) groups is 1. The lowest BCUT2D eigenvalue weighted by Crippen LogP contribution is -2.32. The lowest BCUT2D eigenvalue weighted by Gasteiger charge is -2.20. The second-order valence-corrected chi connectivity index (χ2v) is 5.10. The summed E-state index contributed by atoms with van der Waals surface area (Å²) in [4.78, 5) is 14.2. The summed E-state index contributed by atoms with van der Waals surface area (Å²) >= 11 is 0. The fourth-order valence-electron chi connectivity index (χ4n) is 2.39. The first-order valence-electron chi connectivity index (χ1n) is 7.28. The third-order valence-electron chi connectivity index (χ3n) is 3.54. The molecule has 0 saturated heterocycles. The van der Waals surface area contributed by atoms with Crippen molar-refractivity contribution in [2.24, 2.45) is 0 Å². The number of furan rings is 1. The first-order chi connectivity index (χ1) is 11.3. The molecule has 0 aliphatic carbocycles. The topological polar surface area (TPSA) is 83.3 Å². The summed E-state index contributed by atoms with van der Waals surface area (Å²) in [5.41, 5.74) is 1.26. The smallest absolute Gasteiger partial charge is 0.229 e. The maximum absolute atomic E-state index is 12.6. The number of para-hydroxylation sites is 1. The van der Waals surface area contributed by atoms with Crippen molar-refractivity contribution in [1.29, 1.82) is 5.26 Å². The minimum absolute atomic E-state index is 0.115. The zero-order valence-electron chi connectivity index (χ0n) is 12.4. The highest BCUT2D eigenvalue weighted by atomic mass is 16.5. The zero-order chi connectivity index (χ0) is 16.1. The fraction of sp³-hybridized carbons (Fsp3) is 0.235. The molecule has 0 saturated carbocycles. The Morgan fingerprint density at radius 3 is 2.91 bits per heavy atom. The molecule has 1 amide bonds. The lowest BCUT2D eigenvalue weighted by atomic mass is 10.1. The molecule has 0 aliphatic rings. The molecule has 0 N–H and O–H groups in total. The molecule has 0 radical (unpaired) electrons. The Kier molecular flexibility index (Phi) is 4.39. The van der Waals surface area contributed by atoms with Crippen LogP contribution in [0.1, 0.15) is 17.9 Å². The van der Waals surface area contributed by atoms with Gasteiger partial charge < -0.3 is 13.8 Å². The molecule has 0 unspecified atom stereocenters. The number of nitriles is 1. The van der Waals surface area contributed by atoms with Gasteiger partial charge in [-0.25, -0.2) is 0 Å². The number of hydrogen-bond acceptors (Lipinski definition) is 5. The number of hydrogen-bond donors (Lipinski definition) is 0. The van der Waals surface area contributed by atoms with Gasteiger partial charge in [-0.15, -0.1) is 0 Å². The van der Waals surface area contributed by atoms with Crippen molar-refractivity contribution < 1.29 is 13.7 Å². The number of rotatable bonds is 6. The quantitative estimate of drug-likeness (QED) is 0.699. The molecule has 0 spiro atoms. The third-order valence-corrected chi connectivity index (χ3v) is 3.54. The average Bonchev–Trinajstić information content (AvgIpc) is 3.21. The van der Waals surface area contributed by atoms with E-state index < -0.39 is 0 Å². The normalized spacial score (nSPS) is 10.6. The highest BCUT2D eigenvalue weighted by Crippen LogP contribution is 2.19. The van der Waals surface area contributed by atoms with Crippen molar-refractivity contribution in [3.05, 3.63) is 54.1 Å². The number of benzene rings is 1. The van der Waals surface area contributed by atoms with Gasteiger partial charge in [0, 0.05) is 11.9 Å². The number of nitrogens with zero attached hydrogens (tertiary/aromatic N) is 3. The second-order valence-electron chi connectivity index (χ2n) is 5.10. The maximum Gasteiger partial charge on any atom is 0.229 e. The summed E-state index contributed by atoms with van der Waals surface area (Å²) in [6.45, 7) is 0.690. The van der Waals surface area contributed by atoms with E-state index in [0.717, 1.165) is 5.39 Å². The van der Waals surface area contributed by atoms with Crippen LogP contribution < -0.4 is 0 Å². The zero-order valence-corrected chi connectivity index (χ0v) is 12.4. The Morgan fingerprint density at radius 2 is 2.13 bits per heavy atom. The number of aromatic nitrogens is 1. The number of fused-ring (bicyclic) bond motifs is 1. The number of amides is 1. The third kappa shape index (κ3) is 3.40. The van der Waals surface area contributed by atoms with Crippen molar-refractivity contribution in [2.75, 3.05) is 6.54 Å². The van der Waals surface area contributed by atoms with Crippen LogP contribution in [-0.2, 0) is 17.8 Å². The molecule has 6 nitrogen and oxygen atoms in total. The molecule has 0 atom stereocenters. The SMILES string of the molecule is N#CCCN(Cc1ccco1)C(=O)Cc1noc2ccccc12. The second kappa shape index (κ2) is 6.79. The van der Waals surface area contributed by atoms with Gasteiger partial charge in [0.15, 0.2) is 5.58 Å². The van der Waals surface area contributed by atoms with Crippen molar-refractivity contribution >= 4 is 16.9 Å². The lowest BCUT2D eigenvalue weighted by molar-refractivity contribution is -0.131. The van der Waals surface area contributed by atoms with Crippen LogP contribution in [0.15, 0.2) is 51.6 Å². The van der Waals surface area contributed by atoms with Crippen LogP contribution >= 0.6 is 0 Å². The monoisotopic (exact) mass is 309 g/mol. The van der Waals surface area contributed by atoms with Crippen molar-refractivity contribution in [2.45, 2.75) is 19.4 Å². The molecule has 3 rings (SSSR count). The Hall–Kier alpha value is -3.07. The molecule has 3 aromatic rings. The van der Waals surface area contributed by atoms with E-state index in [4.69, 9.17) is 14.2 Å². The van der Waals surface area contributed by atoms with Gasteiger partial charge in [-0.3, -0.25) is 4.79 Å². The summed E-state index contributed by atoms with van der Waals surface area (Å²) in [5.74, 6) is 0.567. The molecule has 2 aromatic heterocycles. The maximum atomic E-state index is 12.6. The molecule has 116 valence electrons. The van der Waals surface area contributed by atoms with Gasteiger partial charge in [-0.05, 0) is 24.3 Å². The first kappa shape index (κ1) is 14.9. The van der Waals surface area contributed by atoms with E-state index in [0.29, 0.717) is 30.1 Å². The van der Waals surface area contributed by atoms with E-state index in [-0.39, 0.29) is 18.7 Å². The molecule has 2 heterocycles. The summed E-state index contributed by atoms with van der Waals surface area (Å²) in [5, 5.41) is 13.6. The van der Waals surface area contributed by atoms with E-state index in [1.165, 1.54) is 0 Å². The highest BCUT2D eigenvalue weighted by molar-refractivity contribution is 5.86.